The van der Waals surface area contributed by atoms with E-state index in [1.54, 1.807) is 6.20 Å². The van der Waals surface area contributed by atoms with Crippen molar-refractivity contribution in [2.75, 3.05) is 0 Å². The van der Waals surface area contributed by atoms with Crippen LogP contribution in [0.25, 0.3) is 22.3 Å². The van der Waals surface area contributed by atoms with Gasteiger partial charge in [0.2, 0.25) is 0 Å². The van der Waals surface area contributed by atoms with E-state index in [-0.39, 0.29) is 5.75 Å². The number of benzene rings is 2. The Bertz CT molecular complexity index is 770. The van der Waals surface area contributed by atoms with E-state index in [1.165, 1.54) is 24.3 Å². The molecule has 1 heterocycles. The number of hydrogen-bond acceptors (Lipinski definition) is 3. The minimum atomic E-state index is -4.69. The summed E-state index contributed by atoms with van der Waals surface area (Å²) < 4.78 is 40.1. The Morgan fingerprint density at radius 2 is 1.62 bits per heavy atom. The number of alkyl halides is 3. The van der Waals surface area contributed by atoms with Gasteiger partial charge in [0, 0.05) is 17.1 Å². The zero-order valence-corrected chi connectivity index (χ0v) is 10.6. The Morgan fingerprint density at radius 3 is 2.33 bits per heavy atom. The Hall–Kier alpha value is -2.63. The summed E-state index contributed by atoms with van der Waals surface area (Å²) >= 11 is 0. The number of halogens is 3. The molecule has 3 rings (SSSR count). The SMILES string of the molecule is FC(F)(F)Oc1ccc(-c2ncc3ccccc3n2)cc1. The van der Waals surface area contributed by atoms with Gasteiger partial charge in [-0.15, -0.1) is 13.2 Å². The molecule has 0 aliphatic rings. The Balaban J connectivity index is 1.91. The lowest BCUT2D eigenvalue weighted by molar-refractivity contribution is -0.274. The van der Waals surface area contributed by atoms with Crippen LogP contribution >= 0.6 is 0 Å². The smallest absolute Gasteiger partial charge is 0.406 e. The molecule has 0 atom stereocenters. The molecule has 0 saturated carbocycles. The molecule has 106 valence electrons. The summed E-state index contributed by atoms with van der Waals surface area (Å²) in [7, 11) is 0. The molecule has 0 spiro atoms. The fourth-order valence-electron chi connectivity index (χ4n) is 1.92. The van der Waals surface area contributed by atoms with Gasteiger partial charge in [0.1, 0.15) is 5.75 Å². The quantitative estimate of drug-likeness (QED) is 0.709. The van der Waals surface area contributed by atoms with Crippen LogP contribution in [-0.4, -0.2) is 16.3 Å². The van der Waals surface area contributed by atoms with Crippen molar-refractivity contribution >= 4 is 10.9 Å². The lowest BCUT2D eigenvalue weighted by atomic mass is 10.2. The van der Waals surface area contributed by atoms with Crippen LogP contribution in [0.2, 0.25) is 0 Å². The number of rotatable bonds is 2. The molecule has 3 nitrogen and oxygen atoms in total. The van der Waals surface area contributed by atoms with Gasteiger partial charge in [-0.1, -0.05) is 18.2 Å². The summed E-state index contributed by atoms with van der Waals surface area (Å²) in [5, 5.41) is 0.901. The summed E-state index contributed by atoms with van der Waals surface area (Å²) in [6.07, 6.45) is -3.02. The van der Waals surface area contributed by atoms with Crippen molar-refractivity contribution < 1.29 is 17.9 Å². The highest BCUT2D eigenvalue weighted by molar-refractivity contribution is 5.79. The average molecular weight is 290 g/mol. The molecular formula is C15H9F3N2O. The van der Waals surface area contributed by atoms with Crippen LogP contribution in [0.3, 0.4) is 0 Å². The maximum absolute atomic E-state index is 12.1. The van der Waals surface area contributed by atoms with Crippen LogP contribution in [-0.2, 0) is 0 Å². The molecule has 0 unspecified atom stereocenters. The first-order valence-electron chi connectivity index (χ1n) is 6.09. The van der Waals surface area contributed by atoms with E-state index in [1.807, 2.05) is 24.3 Å². The van der Waals surface area contributed by atoms with Gasteiger partial charge in [-0.2, -0.15) is 0 Å². The molecule has 1 aromatic heterocycles. The molecule has 0 bridgehead atoms. The zero-order valence-electron chi connectivity index (χ0n) is 10.6. The fraction of sp³-hybridized carbons (Fsp3) is 0.0667. The third-order valence-electron chi connectivity index (χ3n) is 2.84. The highest BCUT2D eigenvalue weighted by atomic mass is 19.4. The average Bonchev–Trinajstić information content (AvgIpc) is 2.46. The molecule has 2 aromatic carbocycles. The third kappa shape index (κ3) is 3.10. The Labute approximate surface area is 118 Å². The molecule has 0 radical (unpaired) electrons. The van der Waals surface area contributed by atoms with Crippen LogP contribution < -0.4 is 4.74 Å². The van der Waals surface area contributed by atoms with Gasteiger partial charge in [0.15, 0.2) is 5.82 Å². The van der Waals surface area contributed by atoms with Gasteiger partial charge in [-0.3, -0.25) is 0 Å². The van der Waals surface area contributed by atoms with Crippen molar-refractivity contribution in [2.24, 2.45) is 0 Å². The minimum absolute atomic E-state index is 0.271. The van der Waals surface area contributed by atoms with Gasteiger partial charge in [0.25, 0.3) is 0 Å². The van der Waals surface area contributed by atoms with E-state index in [0.29, 0.717) is 11.4 Å². The highest BCUT2D eigenvalue weighted by Gasteiger charge is 2.30. The van der Waals surface area contributed by atoms with Gasteiger partial charge in [0.05, 0.1) is 5.52 Å². The highest BCUT2D eigenvalue weighted by Crippen LogP contribution is 2.25. The lowest BCUT2D eigenvalue weighted by Gasteiger charge is -2.09. The molecule has 0 amide bonds. The maximum Gasteiger partial charge on any atom is 0.573 e. The molecule has 0 N–H and O–H groups in total. The molecule has 6 heteroatoms. The second-order valence-corrected chi connectivity index (χ2v) is 4.32. The van der Waals surface area contributed by atoms with Crippen LogP contribution in [0.4, 0.5) is 13.2 Å². The largest absolute Gasteiger partial charge is 0.573 e. The number of fused-ring (bicyclic) bond motifs is 1. The second-order valence-electron chi connectivity index (χ2n) is 4.32. The molecule has 0 saturated heterocycles. The predicted molar refractivity (Wildman–Crippen MR) is 71.7 cm³/mol. The van der Waals surface area contributed by atoms with Crippen LogP contribution in [0.15, 0.2) is 54.7 Å². The second kappa shape index (κ2) is 5.05. The van der Waals surface area contributed by atoms with Gasteiger partial charge < -0.3 is 4.74 Å². The number of ether oxygens (including phenoxy) is 1. The van der Waals surface area contributed by atoms with Crippen LogP contribution in [0.5, 0.6) is 5.75 Å². The van der Waals surface area contributed by atoms with Crippen LogP contribution in [0, 0.1) is 0 Å². The lowest BCUT2D eigenvalue weighted by Crippen LogP contribution is -2.16. The fourth-order valence-corrected chi connectivity index (χ4v) is 1.92. The summed E-state index contributed by atoms with van der Waals surface area (Å²) in [5.74, 6) is 0.180. The van der Waals surface area contributed by atoms with Gasteiger partial charge >= 0.3 is 6.36 Å². The molecule has 3 aromatic rings. The molecule has 0 aliphatic heterocycles. The summed E-state index contributed by atoms with van der Waals surface area (Å²) in [4.78, 5) is 8.58. The number of hydrogen-bond donors (Lipinski definition) is 0. The number of aromatic nitrogens is 2. The first-order chi connectivity index (χ1) is 10.0. The Morgan fingerprint density at radius 1 is 0.905 bits per heavy atom. The third-order valence-corrected chi connectivity index (χ3v) is 2.84. The van der Waals surface area contributed by atoms with Crippen molar-refractivity contribution in [1.29, 1.82) is 0 Å². The zero-order chi connectivity index (χ0) is 14.9. The standard InChI is InChI=1S/C15H9F3N2O/c16-15(17,18)21-12-7-5-10(6-8-12)14-19-9-11-3-1-2-4-13(11)20-14/h1-9H. The van der Waals surface area contributed by atoms with Crippen molar-refractivity contribution in [2.45, 2.75) is 6.36 Å². The van der Waals surface area contributed by atoms with E-state index in [2.05, 4.69) is 14.7 Å². The number of para-hydroxylation sites is 1. The van der Waals surface area contributed by atoms with Crippen LogP contribution in [0.1, 0.15) is 0 Å². The van der Waals surface area contributed by atoms with E-state index < -0.39 is 6.36 Å². The number of nitrogens with zero attached hydrogens (tertiary/aromatic N) is 2. The molecule has 0 fully saturated rings. The van der Waals surface area contributed by atoms with E-state index >= 15 is 0 Å². The predicted octanol–water partition coefficient (Wildman–Crippen LogP) is 4.20. The Kier molecular flexibility index (Phi) is 3.21. The van der Waals surface area contributed by atoms with Gasteiger partial charge in [-0.05, 0) is 30.3 Å². The molecule has 0 aliphatic carbocycles. The summed E-state index contributed by atoms with van der Waals surface area (Å²) in [6.45, 7) is 0. The minimum Gasteiger partial charge on any atom is -0.406 e. The normalized spacial score (nSPS) is 11.6. The van der Waals surface area contributed by atoms with Crippen molar-refractivity contribution in [3.8, 4) is 17.1 Å². The van der Waals surface area contributed by atoms with E-state index in [9.17, 15) is 13.2 Å². The molecule has 21 heavy (non-hydrogen) atoms. The van der Waals surface area contributed by atoms with Gasteiger partial charge in [-0.25, -0.2) is 9.97 Å². The summed E-state index contributed by atoms with van der Waals surface area (Å²) in [5.41, 5.74) is 1.40. The molecular weight excluding hydrogens is 281 g/mol. The first-order valence-corrected chi connectivity index (χ1v) is 6.09. The van der Waals surface area contributed by atoms with Crippen molar-refractivity contribution in [3.63, 3.8) is 0 Å². The maximum atomic E-state index is 12.1. The monoisotopic (exact) mass is 290 g/mol. The van der Waals surface area contributed by atoms with E-state index in [4.69, 9.17) is 0 Å². The van der Waals surface area contributed by atoms with Crippen molar-refractivity contribution in [1.82, 2.24) is 9.97 Å². The topological polar surface area (TPSA) is 35.0 Å². The van der Waals surface area contributed by atoms with E-state index in [0.717, 1.165) is 10.9 Å². The summed E-state index contributed by atoms with van der Waals surface area (Å²) in [6, 6.07) is 12.9. The first kappa shape index (κ1) is 13.4. The van der Waals surface area contributed by atoms with Crippen molar-refractivity contribution in [3.05, 3.63) is 54.7 Å².